The Morgan fingerprint density at radius 1 is 1.43 bits per heavy atom. The predicted molar refractivity (Wildman–Crippen MR) is 85.1 cm³/mol. The molecule has 1 aliphatic rings. The molecule has 2 N–H and O–H groups in total. The van der Waals surface area contributed by atoms with Gasteiger partial charge >= 0.3 is 0 Å². The second-order valence-electron chi connectivity index (χ2n) is 5.81. The van der Waals surface area contributed by atoms with E-state index in [9.17, 15) is 4.79 Å². The molecule has 1 aromatic carbocycles. The van der Waals surface area contributed by atoms with Crippen molar-refractivity contribution in [3.63, 3.8) is 0 Å². The number of anilines is 1. The molecule has 0 saturated carbocycles. The van der Waals surface area contributed by atoms with E-state index in [1.165, 1.54) is 12.8 Å². The first-order valence-electron chi connectivity index (χ1n) is 7.63. The van der Waals surface area contributed by atoms with Crippen LogP contribution < -0.4 is 5.73 Å². The standard InChI is InChI=1S/C17H21N3O/c1-2-5-12-8-9-20(11-12)17(21)16-10-14(18)13-6-3-4-7-15(13)19-16/h3-4,6-7,10,12H,2,5,8-9,11H2,1H3,(H2,18,19). The van der Waals surface area contributed by atoms with Crippen molar-refractivity contribution in [3.05, 3.63) is 36.0 Å². The molecule has 2 heterocycles. The van der Waals surface area contributed by atoms with Gasteiger partial charge in [0.25, 0.3) is 5.91 Å². The van der Waals surface area contributed by atoms with Crippen LogP contribution in [0.5, 0.6) is 0 Å². The lowest BCUT2D eigenvalue weighted by molar-refractivity contribution is 0.0781. The number of fused-ring (bicyclic) bond motifs is 1. The minimum Gasteiger partial charge on any atom is -0.398 e. The Bertz CT molecular complexity index is 668. The van der Waals surface area contributed by atoms with Crippen LogP contribution in [0.1, 0.15) is 36.7 Å². The van der Waals surface area contributed by atoms with Gasteiger partial charge in [-0.05, 0) is 30.9 Å². The highest BCUT2D eigenvalue weighted by molar-refractivity contribution is 5.99. The van der Waals surface area contributed by atoms with E-state index < -0.39 is 0 Å². The number of likely N-dealkylation sites (tertiary alicyclic amines) is 1. The smallest absolute Gasteiger partial charge is 0.272 e. The number of aromatic nitrogens is 1. The zero-order valence-corrected chi connectivity index (χ0v) is 12.4. The van der Waals surface area contributed by atoms with E-state index >= 15 is 0 Å². The van der Waals surface area contributed by atoms with Gasteiger partial charge in [-0.2, -0.15) is 0 Å². The first-order chi connectivity index (χ1) is 10.2. The quantitative estimate of drug-likeness (QED) is 0.941. The van der Waals surface area contributed by atoms with Crippen molar-refractivity contribution < 1.29 is 4.79 Å². The molecular weight excluding hydrogens is 262 g/mol. The third-order valence-corrected chi connectivity index (χ3v) is 4.24. The maximum absolute atomic E-state index is 12.6. The molecule has 1 atom stereocenters. The van der Waals surface area contributed by atoms with Gasteiger partial charge in [0.2, 0.25) is 0 Å². The Labute approximate surface area is 125 Å². The summed E-state index contributed by atoms with van der Waals surface area (Å²) in [5.74, 6) is 0.641. The summed E-state index contributed by atoms with van der Waals surface area (Å²) in [7, 11) is 0. The monoisotopic (exact) mass is 283 g/mol. The molecule has 110 valence electrons. The summed E-state index contributed by atoms with van der Waals surface area (Å²) in [5, 5.41) is 0.902. The van der Waals surface area contributed by atoms with Crippen molar-refractivity contribution in [1.82, 2.24) is 9.88 Å². The summed E-state index contributed by atoms with van der Waals surface area (Å²) in [4.78, 5) is 19.0. The number of benzene rings is 1. The molecule has 3 rings (SSSR count). The number of carbonyl (C=O) groups excluding carboxylic acids is 1. The number of hydrogen-bond donors (Lipinski definition) is 1. The highest BCUT2D eigenvalue weighted by atomic mass is 16.2. The van der Waals surface area contributed by atoms with E-state index in [0.717, 1.165) is 30.4 Å². The third kappa shape index (κ3) is 2.71. The normalized spacial score (nSPS) is 18.3. The molecule has 1 amide bonds. The second kappa shape index (κ2) is 5.72. The van der Waals surface area contributed by atoms with Gasteiger partial charge in [-0.15, -0.1) is 0 Å². The molecule has 21 heavy (non-hydrogen) atoms. The summed E-state index contributed by atoms with van der Waals surface area (Å²) >= 11 is 0. The Hall–Kier alpha value is -2.10. The number of pyridine rings is 1. The Kier molecular flexibility index (Phi) is 3.78. The molecule has 1 aromatic heterocycles. The van der Waals surface area contributed by atoms with Crippen LogP contribution in [-0.2, 0) is 0 Å². The molecule has 1 unspecified atom stereocenters. The summed E-state index contributed by atoms with van der Waals surface area (Å²) in [5.41, 5.74) is 7.92. The molecule has 1 aliphatic heterocycles. The van der Waals surface area contributed by atoms with Crippen LogP contribution in [-0.4, -0.2) is 28.9 Å². The molecular formula is C17H21N3O. The number of hydrogen-bond acceptors (Lipinski definition) is 3. The molecule has 0 spiro atoms. The first-order valence-corrected chi connectivity index (χ1v) is 7.63. The highest BCUT2D eigenvalue weighted by Gasteiger charge is 2.27. The van der Waals surface area contributed by atoms with Crippen LogP contribution in [0.2, 0.25) is 0 Å². The van der Waals surface area contributed by atoms with E-state index in [1.54, 1.807) is 6.07 Å². The van der Waals surface area contributed by atoms with E-state index in [1.807, 2.05) is 29.2 Å². The number of amides is 1. The van der Waals surface area contributed by atoms with Crippen LogP contribution in [0, 0.1) is 5.92 Å². The van der Waals surface area contributed by atoms with Crippen LogP contribution >= 0.6 is 0 Å². The minimum atomic E-state index is 0.00561. The Morgan fingerprint density at radius 3 is 3.05 bits per heavy atom. The van der Waals surface area contributed by atoms with Gasteiger partial charge in [0, 0.05) is 24.2 Å². The van der Waals surface area contributed by atoms with Crippen molar-refractivity contribution in [2.24, 2.45) is 5.92 Å². The first kappa shape index (κ1) is 13.9. The predicted octanol–water partition coefficient (Wildman–Crippen LogP) is 3.08. The number of nitrogen functional groups attached to an aromatic ring is 1. The van der Waals surface area contributed by atoms with Gasteiger partial charge in [-0.3, -0.25) is 4.79 Å². The SMILES string of the molecule is CCCC1CCN(C(=O)c2cc(N)c3ccccc3n2)C1. The number of rotatable bonds is 3. The minimum absolute atomic E-state index is 0.00561. The Morgan fingerprint density at radius 2 is 2.24 bits per heavy atom. The molecule has 4 nitrogen and oxygen atoms in total. The number of nitrogens with two attached hydrogens (primary N) is 1. The zero-order chi connectivity index (χ0) is 14.8. The molecule has 1 saturated heterocycles. The molecule has 0 aliphatic carbocycles. The topological polar surface area (TPSA) is 59.2 Å². The van der Waals surface area contributed by atoms with Gasteiger partial charge in [0.15, 0.2) is 0 Å². The maximum Gasteiger partial charge on any atom is 0.272 e. The molecule has 4 heteroatoms. The third-order valence-electron chi connectivity index (χ3n) is 4.24. The number of nitrogens with zero attached hydrogens (tertiary/aromatic N) is 2. The fourth-order valence-electron chi connectivity index (χ4n) is 3.13. The average molecular weight is 283 g/mol. The van der Waals surface area contributed by atoms with Gasteiger partial charge in [-0.25, -0.2) is 4.98 Å². The second-order valence-corrected chi connectivity index (χ2v) is 5.81. The number of carbonyl (C=O) groups is 1. The lowest BCUT2D eigenvalue weighted by Crippen LogP contribution is -2.29. The lowest BCUT2D eigenvalue weighted by Gasteiger charge is -2.16. The van der Waals surface area contributed by atoms with Crippen molar-refractivity contribution in [1.29, 1.82) is 0 Å². The fourth-order valence-corrected chi connectivity index (χ4v) is 3.13. The zero-order valence-electron chi connectivity index (χ0n) is 12.4. The van der Waals surface area contributed by atoms with Crippen LogP contribution in [0.4, 0.5) is 5.69 Å². The van der Waals surface area contributed by atoms with Gasteiger partial charge in [0.1, 0.15) is 5.69 Å². The largest absolute Gasteiger partial charge is 0.398 e. The molecule has 0 bridgehead atoms. The van der Waals surface area contributed by atoms with Crippen molar-refractivity contribution >= 4 is 22.5 Å². The van der Waals surface area contributed by atoms with Crippen molar-refractivity contribution in [2.75, 3.05) is 18.8 Å². The summed E-state index contributed by atoms with van der Waals surface area (Å²) in [6.45, 7) is 3.87. The lowest BCUT2D eigenvalue weighted by atomic mass is 10.0. The van der Waals surface area contributed by atoms with Gasteiger partial charge < -0.3 is 10.6 Å². The van der Waals surface area contributed by atoms with Crippen LogP contribution in [0.15, 0.2) is 30.3 Å². The number of para-hydroxylation sites is 1. The molecule has 0 radical (unpaired) electrons. The van der Waals surface area contributed by atoms with Crippen molar-refractivity contribution in [2.45, 2.75) is 26.2 Å². The van der Waals surface area contributed by atoms with Gasteiger partial charge in [0.05, 0.1) is 5.52 Å². The summed E-state index contributed by atoms with van der Waals surface area (Å²) in [6.07, 6.45) is 3.47. The summed E-state index contributed by atoms with van der Waals surface area (Å²) in [6, 6.07) is 9.37. The molecule has 1 fully saturated rings. The van der Waals surface area contributed by atoms with E-state index in [4.69, 9.17) is 5.73 Å². The van der Waals surface area contributed by atoms with E-state index in [-0.39, 0.29) is 5.91 Å². The average Bonchev–Trinajstić information content (AvgIpc) is 2.95. The van der Waals surface area contributed by atoms with E-state index in [2.05, 4.69) is 11.9 Å². The maximum atomic E-state index is 12.6. The van der Waals surface area contributed by atoms with Crippen LogP contribution in [0.25, 0.3) is 10.9 Å². The highest BCUT2D eigenvalue weighted by Crippen LogP contribution is 2.24. The Balaban J connectivity index is 1.85. The van der Waals surface area contributed by atoms with Crippen LogP contribution in [0.3, 0.4) is 0 Å². The molecule has 2 aromatic rings. The van der Waals surface area contributed by atoms with E-state index in [0.29, 0.717) is 17.3 Å². The summed E-state index contributed by atoms with van der Waals surface area (Å²) < 4.78 is 0. The van der Waals surface area contributed by atoms with Crippen molar-refractivity contribution in [3.8, 4) is 0 Å². The van der Waals surface area contributed by atoms with Gasteiger partial charge in [-0.1, -0.05) is 31.5 Å². The fraction of sp³-hybridized carbons (Fsp3) is 0.412.